The smallest absolute Gasteiger partial charge is 0.416 e. The van der Waals surface area contributed by atoms with Gasteiger partial charge >= 0.3 is 24.2 Å². The predicted octanol–water partition coefficient (Wildman–Crippen LogP) is 7.02. The summed E-state index contributed by atoms with van der Waals surface area (Å²) < 4.78 is 19.8. The Morgan fingerprint density at radius 3 is 1.58 bits per heavy atom. The number of hydrogen-bond acceptors (Lipinski definition) is 8. The number of halogens is 1. The molecule has 12 heteroatoms. The Bertz CT molecular complexity index is 1170. The second kappa shape index (κ2) is 18.5. The van der Waals surface area contributed by atoms with E-state index in [4.69, 9.17) is 25.8 Å². The molecule has 1 atom stereocenters. The molecule has 0 fully saturated rings. The first-order valence-corrected chi connectivity index (χ1v) is 13.8. The van der Waals surface area contributed by atoms with Crippen molar-refractivity contribution in [3.63, 3.8) is 0 Å². The van der Waals surface area contributed by atoms with Gasteiger partial charge in [0.25, 0.3) is 0 Å². The van der Waals surface area contributed by atoms with Crippen molar-refractivity contribution in [1.29, 1.82) is 0 Å². The van der Waals surface area contributed by atoms with Crippen molar-refractivity contribution in [1.82, 2.24) is 5.32 Å². The summed E-state index contributed by atoms with van der Waals surface area (Å²) in [5.74, 6) is -0.961. The van der Waals surface area contributed by atoms with Crippen molar-refractivity contribution in [3.05, 3.63) is 59.7 Å². The van der Waals surface area contributed by atoms with Gasteiger partial charge in [-0.05, 0) is 64.8 Å². The van der Waals surface area contributed by atoms with E-state index < -0.39 is 42.7 Å². The van der Waals surface area contributed by atoms with Crippen LogP contribution in [0.4, 0.5) is 25.8 Å². The molecule has 0 spiro atoms. The minimum absolute atomic E-state index is 0. The van der Waals surface area contributed by atoms with Gasteiger partial charge in [0.15, 0.2) is 6.07 Å². The minimum atomic E-state index is -0.927. The van der Waals surface area contributed by atoms with E-state index in [-0.39, 0.29) is 19.4 Å². The zero-order valence-corrected chi connectivity index (χ0v) is 26.5. The average Bonchev–Trinajstić information content (AvgIpc) is 2.91. The van der Waals surface area contributed by atoms with E-state index in [0.29, 0.717) is 5.69 Å². The summed E-state index contributed by atoms with van der Waals surface area (Å²) in [4.78, 5) is 50.2. The van der Waals surface area contributed by atoms with Gasteiger partial charge in [0, 0.05) is 25.5 Å². The fourth-order valence-electron chi connectivity index (χ4n) is 3.15. The number of alkyl halides is 1. The number of carbonyl (C=O) groups is 4. The lowest BCUT2D eigenvalue weighted by atomic mass is 10.1. The Morgan fingerprint density at radius 1 is 0.791 bits per heavy atom. The molecule has 0 aliphatic rings. The van der Waals surface area contributed by atoms with Crippen molar-refractivity contribution >= 4 is 47.2 Å². The van der Waals surface area contributed by atoms with Crippen LogP contribution in [-0.4, -0.2) is 62.8 Å². The van der Waals surface area contributed by atoms with Crippen LogP contribution in [0.5, 0.6) is 0 Å². The summed E-state index contributed by atoms with van der Waals surface area (Å²) in [6.07, 6.45) is -1.85. The second-order valence-corrected chi connectivity index (χ2v) is 10.9. The lowest BCUT2D eigenvalue weighted by Crippen LogP contribution is -2.47. The third kappa shape index (κ3) is 14.6. The lowest BCUT2D eigenvalue weighted by molar-refractivity contribution is -0.155. The van der Waals surface area contributed by atoms with Crippen molar-refractivity contribution in [2.24, 2.45) is 5.92 Å². The molecule has 0 heterocycles. The molecule has 0 bridgehead atoms. The molecule has 1 N–H and O–H groups in total. The molecule has 0 saturated carbocycles. The molecule has 2 rings (SSSR count). The highest BCUT2D eigenvalue weighted by atomic mass is 35.5. The van der Waals surface area contributed by atoms with Crippen LogP contribution in [0.3, 0.4) is 0 Å². The lowest BCUT2D eigenvalue weighted by Gasteiger charge is -2.24. The first-order valence-electron chi connectivity index (χ1n) is 13.2. The number of amides is 3. The molecular weight excluding hydrogens is 578 g/mol. The highest BCUT2D eigenvalue weighted by Gasteiger charge is 2.28. The Labute approximate surface area is 260 Å². The number of alkyl carbamates (subject to hydrolysis) is 1. The van der Waals surface area contributed by atoms with E-state index in [2.05, 4.69) is 10.1 Å². The summed E-state index contributed by atoms with van der Waals surface area (Å²) in [7, 11) is 3.19. The molecule has 2 aromatic carbocycles. The minimum Gasteiger partial charge on any atom is -0.444 e. The topological polar surface area (TPSA) is 124 Å². The van der Waals surface area contributed by atoms with Gasteiger partial charge in [-0.3, -0.25) is 9.80 Å². The SMILES string of the molecule is C.Cc1ccc(N(C)C(=O)OCCl)cc1.Cc1ccc(N(C)C(=O)OCOC(=O)[C@@H](NC(=O)OC(C)(C)C)C(C)C)cc1. The summed E-state index contributed by atoms with van der Waals surface area (Å²) in [6, 6.07) is 13.8. The number of anilines is 2. The average molecular weight is 624 g/mol. The van der Waals surface area contributed by atoms with Crippen LogP contribution < -0.4 is 15.1 Å². The van der Waals surface area contributed by atoms with Gasteiger partial charge in [-0.25, -0.2) is 19.2 Å². The molecule has 0 unspecified atom stereocenters. The van der Waals surface area contributed by atoms with Crippen molar-refractivity contribution in [2.45, 2.75) is 67.5 Å². The van der Waals surface area contributed by atoms with E-state index in [1.807, 2.05) is 50.2 Å². The molecule has 0 saturated heterocycles. The maximum atomic E-state index is 12.2. The molecule has 3 amide bonds. The van der Waals surface area contributed by atoms with E-state index in [0.717, 1.165) is 16.8 Å². The summed E-state index contributed by atoms with van der Waals surface area (Å²) in [5, 5.41) is 2.48. The van der Waals surface area contributed by atoms with E-state index in [1.165, 1.54) is 9.80 Å². The quantitative estimate of drug-likeness (QED) is 0.144. The maximum absolute atomic E-state index is 12.2. The number of carbonyl (C=O) groups excluding carboxylic acids is 4. The number of hydrogen-bond donors (Lipinski definition) is 1. The molecule has 11 nitrogen and oxygen atoms in total. The molecule has 0 radical (unpaired) electrons. The van der Waals surface area contributed by atoms with Crippen LogP contribution >= 0.6 is 11.6 Å². The summed E-state index contributed by atoms with van der Waals surface area (Å²) in [5.41, 5.74) is 2.95. The van der Waals surface area contributed by atoms with Crippen LogP contribution in [0, 0.1) is 19.8 Å². The molecular formula is C31H46ClN3O8. The van der Waals surface area contributed by atoms with Crippen LogP contribution in [0.2, 0.25) is 0 Å². The standard InChI is InChI=1S/C20H30N2O6.C10H12ClNO2.CH4/c1-13(2)16(21-18(24)28-20(4,5)6)17(23)26-12-27-19(25)22(7)15-10-8-14(3)9-11-15;1-8-3-5-9(6-4-8)12(2)10(13)14-7-11;/h8-11,13,16H,12H2,1-7H3,(H,21,24);3-6H,7H2,1-2H3;1H4/t16-;;/m0../s1. The number of benzene rings is 2. The Hall–Kier alpha value is -3.99. The largest absolute Gasteiger partial charge is 0.444 e. The van der Waals surface area contributed by atoms with Gasteiger partial charge in [0.05, 0.1) is 0 Å². The summed E-state index contributed by atoms with van der Waals surface area (Å²) >= 11 is 5.28. The number of nitrogens with one attached hydrogen (secondary N) is 1. The highest BCUT2D eigenvalue weighted by molar-refractivity contribution is 6.17. The van der Waals surface area contributed by atoms with E-state index in [9.17, 15) is 19.2 Å². The molecule has 0 aliphatic heterocycles. The van der Waals surface area contributed by atoms with Crippen LogP contribution in [-0.2, 0) is 23.7 Å². The fourth-order valence-corrected chi connectivity index (χ4v) is 3.24. The molecule has 0 aliphatic carbocycles. The van der Waals surface area contributed by atoms with Gasteiger partial charge < -0.3 is 24.3 Å². The van der Waals surface area contributed by atoms with E-state index in [1.54, 1.807) is 60.8 Å². The van der Waals surface area contributed by atoms with Crippen LogP contribution in [0.15, 0.2) is 48.5 Å². The van der Waals surface area contributed by atoms with Crippen molar-refractivity contribution in [3.8, 4) is 0 Å². The Kier molecular flexibility index (Phi) is 16.8. The third-order valence-corrected chi connectivity index (χ3v) is 5.65. The number of nitrogens with zero attached hydrogens (tertiary/aromatic N) is 2. The molecule has 43 heavy (non-hydrogen) atoms. The van der Waals surface area contributed by atoms with Crippen LogP contribution in [0.1, 0.15) is 53.2 Å². The predicted molar refractivity (Wildman–Crippen MR) is 169 cm³/mol. The number of aryl methyl sites for hydroxylation is 2. The van der Waals surface area contributed by atoms with Crippen molar-refractivity contribution < 1.29 is 38.1 Å². The molecule has 0 aromatic heterocycles. The third-order valence-electron chi connectivity index (χ3n) is 5.54. The zero-order valence-electron chi connectivity index (χ0n) is 25.7. The van der Waals surface area contributed by atoms with Crippen LogP contribution in [0.25, 0.3) is 0 Å². The number of rotatable bonds is 8. The first kappa shape index (κ1) is 39.0. The highest BCUT2D eigenvalue weighted by Crippen LogP contribution is 2.15. The monoisotopic (exact) mass is 623 g/mol. The molecule has 240 valence electrons. The van der Waals surface area contributed by atoms with Gasteiger partial charge in [-0.15, -0.1) is 0 Å². The molecule has 2 aromatic rings. The van der Waals surface area contributed by atoms with Gasteiger partial charge in [0.1, 0.15) is 11.6 Å². The van der Waals surface area contributed by atoms with Crippen molar-refractivity contribution in [2.75, 3.05) is 36.8 Å². The number of esters is 1. The Balaban J connectivity index is 0.000000987. The van der Waals surface area contributed by atoms with Gasteiger partial charge in [-0.1, -0.05) is 68.3 Å². The zero-order chi connectivity index (χ0) is 32.0. The van der Waals surface area contributed by atoms with Gasteiger partial charge in [-0.2, -0.15) is 0 Å². The van der Waals surface area contributed by atoms with Gasteiger partial charge in [0.2, 0.25) is 6.79 Å². The maximum Gasteiger partial charge on any atom is 0.416 e. The normalized spacial score (nSPS) is 11.0. The van der Waals surface area contributed by atoms with E-state index >= 15 is 0 Å². The fraction of sp³-hybridized carbons (Fsp3) is 0.484. The first-order chi connectivity index (χ1) is 19.5. The summed E-state index contributed by atoms with van der Waals surface area (Å²) in [6.45, 7) is 12.0. The Morgan fingerprint density at radius 2 is 1.21 bits per heavy atom. The second-order valence-electron chi connectivity index (χ2n) is 10.7. The number of ether oxygens (including phenoxy) is 4.